The lowest BCUT2D eigenvalue weighted by Gasteiger charge is -2.15. The van der Waals surface area contributed by atoms with Crippen molar-refractivity contribution in [3.8, 4) is 22.9 Å². The third-order valence-electron chi connectivity index (χ3n) is 5.95. The molecule has 10 heteroatoms. The quantitative estimate of drug-likeness (QED) is 0.301. The van der Waals surface area contributed by atoms with Crippen molar-refractivity contribution in [2.24, 2.45) is 0 Å². The third kappa shape index (κ3) is 4.84. The fourth-order valence-electron chi connectivity index (χ4n) is 4.23. The maximum Gasteiger partial charge on any atom is 0.284 e. The van der Waals surface area contributed by atoms with Crippen molar-refractivity contribution in [1.29, 1.82) is 0 Å². The Hall–Kier alpha value is -4.96. The minimum atomic E-state index is -0.733. The Morgan fingerprint density at radius 2 is 1.87 bits per heavy atom. The maximum absolute atomic E-state index is 13.3. The molecule has 0 aliphatic rings. The highest BCUT2D eigenvalue weighted by Crippen LogP contribution is 2.30. The molecule has 0 radical (unpaired) electrons. The molecule has 38 heavy (non-hydrogen) atoms. The number of carbonyl (C=O) groups excluding carboxylic acids is 1. The Labute approximate surface area is 217 Å². The molecular formula is C28H25N5O5. The summed E-state index contributed by atoms with van der Waals surface area (Å²) in [6.07, 6.45) is 2.30. The number of para-hydroxylation sites is 1. The highest BCUT2D eigenvalue weighted by atomic mass is 16.5. The molecule has 0 aliphatic heterocycles. The van der Waals surface area contributed by atoms with Gasteiger partial charge in [-0.2, -0.15) is 0 Å². The molecule has 192 valence electrons. The van der Waals surface area contributed by atoms with Crippen LogP contribution in [-0.2, 0) is 6.54 Å². The van der Waals surface area contributed by atoms with Crippen LogP contribution in [0.4, 0.5) is 5.82 Å². The van der Waals surface area contributed by atoms with E-state index in [1.165, 1.54) is 10.9 Å². The molecule has 10 nitrogen and oxygen atoms in total. The zero-order valence-corrected chi connectivity index (χ0v) is 20.7. The second-order valence-corrected chi connectivity index (χ2v) is 8.79. The second kappa shape index (κ2) is 10.2. The van der Waals surface area contributed by atoms with E-state index >= 15 is 0 Å². The Morgan fingerprint density at radius 3 is 2.58 bits per heavy atom. The van der Waals surface area contributed by atoms with Gasteiger partial charge in [-0.25, -0.2) is 9.67 Å². The molecule has 1 amide bonds. The van der Waals surface area contributed by atoms with Crippen LogP contribution in [-0.4, -0.2) is 41.6 Å². The first-order valence-corrected chi connectivity index (χ1v) is 11.9. The van der Waals surface area contributed by atoms with Crippen molar-refractivity contribution in [2.45, 2.75) is 26.5 Å². The number of pyridine rings is 2. The van der Waals surface area contributed by atoms with Crippen LogP contribution < -0.4 is 15.6 Å². The lowest BCUT2D eigenvalue weighted by molar-refractivity contribution is 0.102. The van der Waals surface area contributed by atoms with Crippen molar-refractivity contribution < 1.29 is 19.7 Å². The minimum Gasteiger partial charge on any atom is -0.508 e. The molecular weight excluding hydrogens is 486 g/mol. The average Bonchev–Trinajstić information content (AvgIpc) is 3.14. The molecule has 0 saturated heterocycles. The van der Waals surface area contributed by atoms with E-state index in [-0.39, 0.29) is 23.7 Å². The zero-order chi connectivity index (χ0) is 26.8. The summed E-state index contributed by atoms with van der Waals surface area (Å²) >= 11 is 0. The molecule has 2 aromatic carbocycles. The average molecular weight is 512 g/mol. The van der Waals surface area contributed by atoms with Crippen LogP contribution in [0, 0.1) is 6.92 Å². The predicted octanol–water partition coefficient (Wildman–Crippen LogP) is 4.02. The van der Waals surface area contributed by atoms with Crippen LogP contribution in [0.1, 0.15) is 23.0 Å². The van der Waals surface area contributed by atoms with Gasteiger partial charge in [-0.15, -0.1) is 0 Å². The third-order valence-corrected chi connectivity index (χ3v) is 5.95. The second-order valence-electron chi connectivity index (χ2n) is 8.79. The van der Waals surface area contributed by atoms with Gasteiger partial charge in [-0.1, -0.05) is 18.2 Å². The molecule has 0 saturated carbocycles. The fraction of sp³-hybridized carbons (Fsp3) is 0.143. The first-order chi connectivity index (χ1) is 18.3. The summed E-state index contributed by atoms with van der Waals surface area (Å²) in [5.41, 5.74) is 1.05. The van der Waals surface area contributed by atoms with E-state index in [1.54, 1.807) is 85.4 Å². The van der Waals surface area contributed by atoms with Crippen LogP contribution in [0.3, 0.4) is 0 Å². The van der Waals surface area contributed by atoms with Gasteiger partial charge in [0.2, 0.25) is 0 Å². The number of aromatic hydroxyl groups is 1. The molecule has 3 heterocycles. The fourth-order valence-corrected chi connectivity index (χ4v) is 4.23. The SMILES string of the molecule is Cc1c(C(=O)Nc2ccc(Oc3ccnc4cc(O)ccc34)cn2)c(=O)n(-c2ccccc2)n1C[C@@H](C)O. The highest BCUT2D eigenvalue weighted by Gasteiger charge is 2.24. The Morgan fingerprint density at radius 1 is 1.08 bits per heavy atom. The number of nitrogens with zero attached hydrogens (tertiary/aromatic N) is 4. The number of aromatic nitrogens is 4. The van der Waals surface area contributed by atoms with Gasteiger partial charge in [0.1, 0.15) is 28.6 Å². The van der Waals surface area contributed by atoms with Gasteiger partial charge in [0.25, 0.3) is 11.5 Å². The number of benzene rings is 2. The molecule has 1 atom stereocenters. The lowest BCUT2D eigenvalue weighted by Crippen LogP contribution is -2.27. The van der Waals surface area contributed by atoms with Crippen molar-refractivity contribution in [3.05, 3.63) is 101 Å². The number of phenols is 1. The first-order valence-electron chi connectivity index (χ1n) is 11.9. The normalized spacial score (nSPS) is 11.9. The minimum absolute atomic E-state index is 0.0388. The summed E-state index contributed by atoms with van der Waals surface area (Å²) in [6.45, 7) is 3.42. The highest BCUT2D eigenvalue weighted by molar-refractivity contribution is 6.04. The smallest absolute Gasteiger partial charge is 0.284 e. The molecule has 3 aromatic heterocycles. The van der Waals surface area contributed by atoms with Crippen LogP contribution in [0.25, 0.3) is 16.6 Å². The number of ether oxygens (including phenoxy) is 1. The number of fused-ring (bicyclic) bond motifs is 1. The first kappa shape index (κ1) is 24.7. The van der Waals surface area contributed by atoms with Crippen molar-refractivity contribution in [2.75, 3.05) is 5.32 Å². The van der Waals surface area contributed by atoms with Gasteiger partial charge >= 0.3 is 0 Å². The number of aliphatic hydroxyl groups is 1. The number of hydrogen-bond donors (Lipinski definition) is 3. The number of aliphatic hydroxyl groups excluding tert-OH is 1. The lowest BCUT2D eigenvalue weighted by atomic mass is 10.2. The Kier molecular flexibility index (Phi) is 6.63. The number of carbonyl (C=O) groups is 1. The van der Waals surface area contributed by atoms with Gasteiger partial charge in [0.05, 0.1) is 35.7 Å². The molecule has 0 spiro atoms. The van der Waals surface area contributed by atoms with Gasteiger partial charge < -0.3 is 20.3 Å². The van der Waals surface area contributed by atoms with E-state index in [1.807, 2.05) is 6.07 Å². The van der Waals surface area contributed by atoms with Crippen molar-refractivity contribution in [1.82, 2.24) is 19.3 Å². The molecule has 0 aliphatic carbocycles. The molecule has 5 rings (SSSR count). The number of hydrogen-bond acceptors (Lipinski definition) is 7. The summed E-state index contributed by atoms with van der Waals surface area (Å²) in [4.78, 5) is 35.0. The van der Waals surface area contributed by atoms with E-state index in [4.69, 9.17) is 4.74 Å². The number of amides is 1. The number of phenolic OH excluding ortho intramolecular Hbond substituents is 1. The summed E-state index contributed by atoms with van der Waals surface area (Å²) in [5, 5.41) is 23.1. The van der Waals surface area contributed by atoms with E-state index < -0.39 is 17.6 Å². The van der Waals surface area contributed by atoms with Gasteiger partial charge in [0, 0.05) is 17.6 Å². The number of nitrogens with one attached hydrogen (secondary N) is 1. The maximum atomic E-state index is 13.3. The number of anilines is 1. The van der Waals surface area contributed by atoms with Crippen molar-refractivity contribution >= 4 is 22.6 Å². The van der Waals surface area contributed by atoms with E-state index in [0.29, 0.717) is 28.4 Å². The largest absolute Gasteiger partial charge is 0.508 e. The van der Waals surface area contributed by atoms with Crippen LogP contribution in [0.5, 0.6) is 17.2 Å². The summed E-state index contributed by atoms with van der Waals surface area (Å²) in [5.74, 6) is 0.693. The molecule has 0 bridgehead atoms. The van der Waals surface area contributed by atoms with Crippen LogP contribution in [0.15, 0.2) is 83.9 Å². The Balaban J connectivity index is 1.39. The van der Waals surface area contributed by atoms with Crippen LogP contribution >= 0.6 is 0 Å². The monoisotopic (exact) mass is 511 g/mol. The number of rotatable bonds is 7. The molecule has 3 N–H and O–H groups in total. The molecule has 5 aromatic rings. The van der Waals surface area contributed by atoms with E-state index in [0.717, 1.165) is 5.39 Å². The Bertz CT molecular complexity index is 1670. The molecule has 0 fully saturated rings. The molecule has 0 unspecified atom stereocenters. The standard InChI is InChI=1S/C28H25N5O5/c1-17(34)16-32-18(2)26(28(37)33(32)19-6-4-3-5-7-19)27(36)31-25-11-9-21(15-30-25)38-24-12-13-29-23-14-20(35)8-10-22(23)24/h3-15,17,34-35H,16H2,1-2H3,(H,30,31,36)/t17-/m1/s1. The summed E-state index contributed by atoms with van der Waals surface area (Å²) < 4.78 is 8.93. The summed E-state index contributed by atoms with van der Waals surface area (Å²) in [6, 6.07) is 18.7. The van der Waals surface area contributed by atoms with Crippen LogP contribution in [0.2, 0.25) is 0 Å². The van der Waals surface area contributed by atoms with E-state index in [2.05, 4.69) is 15.3 Å². The zero-order valence-electron chi connectivity index (χ0n) is 20.7. The van der Waals surface area contributed by atoms with Gasteiger partial charge in [-0.05, 0) is 56.3 Å². The van der Waals surface area contributed by atoms with Gasteiger partial charge in [-0.3, -0.25) is 19.3 Å². The topological polar surface area (TPSA) is 132 Å². The predicted molar refractivity (Wildman–Crippen MR) is 142 cm³/mol. The van der Waals surface area contributed by atoms with E-state index in [9.17, 15) is 19.8 Å². The summed E-state index contributed by atoms with van der Waals surface area (Å²) in [7, 11) is 0. The van der Waals surface area contributed by atoms with Gasteiger partial charge in [0.15, 0.2) is 0 Å². The van der Waals surface area contributed by atoms with Crippen molar-refractivity contribution in [3.63, 3.8) is 0 Å².